The first-order chi connectivity index (χ1) is 7.74. The number of aryl methyl sites for hydroxylation is 1. The summed E-state index contributed by atoms with van der Waals surface area (Å²) in [5, 5.41) is 9.93. The van der Waals surface area contributed by atoms with Gasteiger partial charge >= 0.3 is 0 Å². The fourth-order valence-corrected chi connectivity index (χ4v) is 1.78. The Bertz CT molecular complexity index is 281. The van der Waals surface area contributed by atoms with Gasteiger partial charge in [0.15, 0.2) is 0 Å². The van der Waals surface area contributed by atoms with E-state index in [1.165, 1.54) is 25.7 Å². The van der Waals surface area contributed by atoms with E-state index in [0.29, 0.717) is 0 Å². The minimum Gasteiger partial charge on any atom is -0.388 e. The largest absolute Gasteiger partial charge is 0.388 e. The molecule has 0 radical (unpaired) electrons. The highest BCUT2D eigenvalue weighted by molar-refractivity contribution is 5.15. The number of unbranched alkanes of at least 4 members (excludes halogenated alkanes) is 4. The van der Waals surface area contributed by atoms with Crippen LogP contribution in [0.1, 0.15) is 62.8 Å². The fourth-order valence-electron chi connectivity index (χ4n) is 1.78. The van der Waals surface area contributed by atoms with Crippen LogP contribution in [0.4, 0.5) is 0 Å². The first-order valence-electron chi connectivity index (χ1n) is 6.34. The molecule has 1 unspecified atom stereocenters. The normalized spacial score (nSPS) is 12.7. The molecule has 1 aromatic heterocycles. The van der Waals surface area contributed by atoms with Crippen molar-refractivity contribution >= 4 is 0 Å². The molecule has 0 fully saturated rings. The van der Waals surface area contributed by atoms with Gasteiger partial charge in [-0.3, -0.25) is 4.98 Å². The van der Waals surface area contributed by atoms with Gasteiger partial charge in [-0.1, -0.05) is 45.1 Å². The molecule has 0 amide bonds. The second-order valence-corrected chi connectivity index (χ2v) is 4.45. The summed E-state index contributed by atoms with van der Waals surface area (Å²) in [6, 6.07) is 3.93. The minimum atomic E-state index is -0.338. The first-order valence-corrected chi connectivity index (χ1v) is 6.34. The van der Waals surface area contributed by atoms with Crippen LogP contribution in [0.5, 0.6) is 0 Å². The van der Waals surface area contributed by atoms with Gasteiger partial charge in [0.2, 0.25) is 0 Å². The molecule has 1 atom stereocenters. The monoisotopic (exact) mass is 221 g/mol. The van der Waals surface area contributed by atoms with Gasteiger partial charge in [-0.15, -0.1) is 0 Å². The smallest absolute Gasteiger partial charge is 0.0804 e. The number of pyridine rings is 1. The van der Waals surface area contributed by atoms with Gasteiger partial charge in [0, 0.05) is 11.9 Å². The number of rotatable bonds is 7. The maximum atomic E-state index is 9.93. The highest BCUT2D eigenvalue weighted by atomic mass is 16.3. The third-order valence-electron chi connectivity index (χ3n) is 2.90. The van der Waals surface area contributed by atoms with E-state index >= 15 is 0 Å². The summed E-state index contributed by atoms with van der Waals surface area (Å²) in [5.41, 5.74) is 1.94. The summed E-state index contributed by atoms with van der Waals surface area (Å²) in [6.07, 6.45) is 8.50. The standard InChI is InChI=1S/C14H23NO/c1-3-4-5-6-7-8-14(16)13-10-9-12(2)15-11-13/h9-11,14,16H,3-8H2,1-2H3. The van der Waals surface area contributed by atoms with E-state index in [1.54, 1.807) is 6.20 Å². The molecule has 0 saturated carbocycles. The van der Waals surface area contributed by atoms with Crippen molar-refractivity contribution in [2.24, 2.45) is 0 Å². The first kappa shape index (κ1) is 13.2. The minimum absolute atomic E-state index is 0.338. The molecule has 0 aliphatic rings. The average Bonchev–Trinajstić information content (AvgIpc) is 2.29. The highest BCUT2D eigenvalue weighted by Crippen LogP contribution is 2.19. The zero-order chi connectivity index (χ0) is 11.8. The zero-order valence-corrected chi connectivity index (χ0v) is 10.4. The maximum absolute atomic E-state index is 9.93. The van der Waals surface area contributed by atoms with E-state index in [9.17, 15) is 5.11 Å². The lowest BCUT2D eigenvalue weighted by Gasteiger charge is -2.10. The lowest BCUT2D eigenvalue weighted by Crippen LogP contribution is -1.98. The molecule has 2 nitrogen and oxygen atoms in total. The molecule has 1 rings (SSSR count). The van der Waals surface area contributed by atoms with Crippen LogP contribution < -0.4 is 0 Å². The predicted molar refractivity (Wildman–Crippen MR) is 67.3 cm³/mol. The van der Waals surface area contributed by atoms with Gasteiger partial charge in [0.1, 0.15) is 0 Å². The van der Waals surface area contributed by atoms with Crippen molar-refractivity contribution in [1.29, 1.82) is 0 Å². The van der Waals surface area contributed by atoms with Crippen LogP contribution in [0.3, 0.4) is 0 Å². The summed E-state index contributed by atoms with van der Waals surface area (Å²) in [5.74, 6) is 0. The lowest BCUT2D eigenvalue weighted by atomic mass is 10.0. The van der Waals surface area contributed by atoms with E-state index in [4.69, 9.17) is 0 Å². The van der Waals surface area contributed by atoms with Crippen molar-refractivity contribution in [3.63, 3.8) is 0 Å². The number of aliphatic hydroxyl groups excluding tert-OH is 1. The zero-order valence-electron chi connectivity index (χ0n) is 10.4. The van der Waals surface area contributed by atoms with Gasteiger partial charge in [-0.25, -0.2) is 0 Å². The van der Waals surface area contributed by atoms with Crippen molar-refractivity contribution in [2.45, 2.75) is 58.5 Å². The molecule has 90 valence electrons. The Hall–Kier alpha value is -0.890. The summed E-state index contributed by atoms with van der Waals surface area (Å²) in [7, 11) is 0. The third kappa shape index (κ3) is 4.75. The number of nitrogens with zero attached hydrogens (tertiary/aromatic N) is 1. The Balaban J connectivity index is 2.24. The Morgan fingerprint density at radius 1 is 1.19 bits per heavy atom. The van der Waals surface area contributed by atoms with Crippen LogP contribution in [0.15, 0.2) is 18.3 Å². The molecule has 0 spiro atoms. The number of hydrogen-bond acceptors (Lipinski definition) is 2. The van der Waals surface area contributed by atoms with Gasteiger partial charge in [0.05, 0.1) is 6.10 Å². The molecular weight excluding hydrogens is 198 g/mol. The van der Waals surface area contributed by atoms with E-state index in [2.05, 4.69) is 11.9 Å². The van der Waals surface area contributed by atoms with Gasteiger partial charge < -0.3 is 5.11 Å². The second kappa shape index (κ2) is 7.39. The number of aliphatic hydroxyl groups is 1. The molecule has 0 aliphatic carbocycles. The van der Waals surface area contributed by atoms with Crippen molar-refractivity contribution in [2.75, 3.05) is 0 Å². The Morgan fingerprint density at radius 2 is 1.94 bits per heavy atom. The van der Waals surface area contributed by atoms with Crippen LogP contribution in [0.2, 0.25) is 0 Å². The van der Waals surface area contributed by atoms with Crippen molar-refractivity contribution < 1.29 is 5.11 Å². The van der Waals surface area contributed by atoms with Gasteiger partial charge in [-0.05, 0) is 25.0 Å². The third-order valence-corrected chi connectivity index (χ3v) is 2.90. The number of aromatic nitrogens is 1. The molecule has 2 heteroatoms. The average molecular weight is 221 g/mol. The molecule has 16 heavy (non-hydrogen) atoms. The molecule has 1 aromatic rings. The topological polar surface area (TPSA) is 33.1 Å². The van der Waals surface area contributed by atoms with Crippen LogP contribution in [0.25, 0.3) is 0 Å². The molecule has 1 N–H and O–H groups in total. The second-order valence-electron chi connectivity index (χ2n) is 4.45. The summed E-state index contributed by atoms with van der Waals surface area (Å²) >= 11 is 0. The summed E-state index contributed by atoms with van der Waals surface area (Å²) in [4.78, 5) is 4.20. The molecule has 0 aliphatic heterocycles. The van der Waals surface area contributed by atoms with Gasteiger partial charge in [-0.2, -0.15) is 0 Å². The summed E-state index contributed by atoms with van der Waals surface area (Å²) in [6.45, 7) is 4.17. The maximum Gasteiger partial charge on any atom is 0.0804 e. The lowest BCUT2D eigenvalue weighted by molar-refractivity contribution is 0.163. The molecule has 0 aromatic carbocycles. The van der Waals surface area contributed by atoms with E-state index in [1.807, 2.05) is 19.1 Å². The molecule has 0 bridgehead atoms. The quantitative estimate of drug-likeness (QED) is 0.711. The Labute approximate surface area is 98.7 Å². The fraction of sp³-hybridized carbons (Fsp3) is 0.643. The van der Waals surface area contributed by atoms with Crippen molar-refractivity contribution in [3.05, 3.63) is 29.6 Å². The van der Waals surface area contributed by atoms with E-state index in [0.717, 1.165) is 24.1 Å². The van der Waals surface area contributed by atoms with Crippen LogP contribution >= 0.6 is 0 Å². The van der Waals surface area contributed by atoms with Crippen LogP contribution in [-0.2, 0) is 0 Å². The summed E-state index contributed by atoms with van der Waals surface area (Å²) < 4.78 is 0. The molecule has 0 saturated heterocycles. The predicted octanol–water partition coefficient (Wildman–Crippen LogP) is 3.78. The molecule has 1 heterocycles. The van der Waals surface area contributed by atoms with E-state index in [-0.39, 0.29) is 6.10 Å². The van der Waals surface area contributed by atoms with E-state index < -0.39 is 0 Å². The molecular formula is C14H23NO. The van der Waals surface area contributed by atoms with Crippen LogP contribution in [0, 0.1) is 6.92 Å². The van der Waals surface area contributed by atoms with Crippen LogP contribution in [-0.4, -0.2) is 10.1 Å². The number of hydrogen-bond donors (Lipinski definition) is 1. The van der Waals surface area contributed by atoms with Crippen molar-refractivity contribution in [3.8, 4) is 0 Å². The Kier molecular flexibility index (Phi) is 6.09. The van der Waals surface area contributed by atoms with Gasteiger partial charge in [0.25, 0.3) is 0 Å². The Morgan fingerprint density at radius 3 is 2.56 bits per heavy atom. The SMILES string of the molecule is CCCCCCCC(O)c1ccc(C)nc1. The van der Waals surface area contributed by atoms with Crippen molar-refractivity contribution in [1.82, 2.24) is 4.98 Å². The highest BCUT2D eigenvalue weighted by Gasteiger charge is 2.06.